The Bertz CT molecular complexity index is 991. The predicted molar refractivity (Wildman–Crippen MR) is 141 cm³/mol. The van der Waals surface area contributed by atoms with E-state index < -0.39 is 11.9 Å². The van der Waals surface area contributed by atoms with Crippen LogP contribution < -0.4 is 9.47 Å². The molecular weight excluding hydrogens is 496 g/mol. The molecule has 0 bridgehead atoms. The number of hydrogen-bond donors (Lipinski definition) is 0. The van der Waals surface area contributed by atoms with Crippen LogP contribution in [0.4, 0.5) is 0 Å². The number of rotatable bonds is 22. The predicted octanol–water partition coefficient (Wildman–Crippen LogP) is 3.12. The summed E-state index contributed by atoms with van der Waals surface area (Å²) in [6.45, 7) is 10.5. The van der Waals surface area contributed by atoms with E-state index in [1.165, 1.54) is 0 Å². The molecule has 0 aliphatic rings. The van der Waals surface area contributed by atoms with Crippen LogP contribution in [0.2, 0.25) is 0 Å². The largest absolute Gasteiger partial charge is 0.487 e. The quantitative estimate of drug-likeness (QED) is 0.128. The van der Waals surface area contributed by atoms with E-state index in [1.807, 2.05) is 36.4 Å². The van der Waals surface area contributed by atoms with Crippen molar-refractivity contribution in [1.82, 2.24) is 0 Å². The highest BCUT2D eigenvalue weighted by molar-refractivity contribution is 5.90. The number of fused-ring (bicyclic) bond motifs is 1. The number of benzene rings is 2. The minimum atomic E-state index is -0.474. The van der Waals surface area contributed by atoms with Crippen LogP contribution in [0.5, 0.6) is 11.5 Å². The zero-order chi connectivity index (χ0) is 27.3. The van der Waals surface area contributed by atoms with Crippen LogP contribution in [-0.4, -0.2) is 91.2 Å². The molecule has 0 fully saturated rings. The van der Waals surface area contributed by atoms with Gasteiger partial charge in [-0.05, 0) is 11.5 Å². The van der Waals surface area contributed by atoms with Crippen LogP contribution in [0.3, 0.4) is 0 Å². The van der Waals surface area contributed by atoms with Crippen LogP contribution in [0.25, 0.3) is 10.8 Å². The second-order valence-electron chi connectivity index (χ2n) is 7.50. The lowest BCUT2D eigenvalue weighted by molar-refractivity contribution is -0.140. The van der Waals surface area contributed by atoms with Crippen molar-refractivity contribution in [2.75, 3.05) is 79.3 Å². The highest BCUT2D eigenvalue weighted by Gasteiger charge is 2.11. The zero-order valence-corrected chi connectivity index (χ0v) is 21.6. The average Bonchev–Trinajstić information content (AvgIpc) is 2.95. The molecule has 0 heterocycles. The average molecular weight is 533 g/mol. The van der Waals surface area contributed by atoms with E-state index in [2.05, 4.69) is 13.2 Å². The maximum atomic E-state index is 10.9. The molecule has 10 nitrogen and oxygen atoms in total. The van der Waals surface area contributed by atoms with Gasteiger partial charge in [0.1, 0.15) is 26.4 Å². The fourth-order valence-corrected chi connectivity index (χ4v) is 3.06. The van der Waals surface area contributed by atoms with Gasteiger partial charge in [-0.1, -0.05) is 43.5 Å². The molecule has 0 spiro atoms. The molecule has 0 amide bonds. The van der Waals surface area contributed by atoms with E-state index in [0.29, 0.717) is 77.6 Å². The molecule has 0 aromatic heterocycles. The van der Waals surface area contributed by atoms with Crippen molar-refractivity contribution in [2.45, 2.75) is 0 Å². The molecule has 0 aliphatic heterocycles. The molecule has 2 aromatic rings. The summed E-state index contributed by atoms with van der Waals surface area (Å²) in [6.07, 6.45) is 2.22. The van der Waals surface area contributed by atoms with Crippen molar-refractivity contribution < 1.29 is 47.5 Å². The first-order valence-corrected chi connectivity index (χ1v) is 12.3. The molecule has 2 aromatic carbocycles. The lowest BCUT2D eigenvalue weighted by Gasteiger charge is -2.15. The van der Waals surface area contributed by atoms with Gasteiger partial charge >= 0.3 is 11.9 Å². The maximum Gasteiger partial charge on any atom is 0.330 e. The molecule has 0 aliphatic carbocycles. The first kappa shape index (κ1) is 30.8. The highest BCUT2D eigenvalue weighted by atomic mass is 16.6. The van der Waals surface area contributed by atoms with Crippen LogP contribution in [0.1, 0.15) is 0 Å². The van der Waals surface area contributed by atoms with Gasteiger partial charge in [0.2, 0.25) is 0 Å². The van der Waals surface area contributed by atoms with Gasteiger partial charge in [0.15, 0.2) is 11.5 Å². The van der Waals surface area contributed by atoms with E-state index >= 15 is 0 Å². The monoisotopic (exact) mass is 532 g/mol. The first-order chi connectivity index (χ1) is 18.7. The summed E-state index contributed by atoms with van der Waals surface area (Å²) >= 11 is 0. The fraction of sp³-hybridized carbons (Fsp3) is 0.429. The third-order valence-electron chi connectivity index (χ3n) is 4.82. The smallest absolute Gasteiger partial charge is 0.330 e. The van der Waals surface area contributed by atoms with Crippen molar-refractivity contribution in [3.63, 3.8) is 0 Å². The standard InChI is InChI=1S/C28H36O10/c1-3-26(29)36-20-16-32-12-11-31-15-19-35-25-10-9-23-7-5-6-8-24(23)28(25)38-22-18-34-14-13-33-17-21-37-27(30)4-2/h3-10H,1-2,11-22H2. The Morgan fingerprint density at radius 2 is 1.05 bits per heavy atom. The summed E-state index contributed by atoms with van der Waals surface area (Å²) in [4.78, 5) is 21.9. The second kappa shape index (κ2) is 19.6. The molecule has 0 unspecified atom stereocenters. The van der Waals surface area contributed by atoms with E-state index in [0.717, 1.165) is 22.9 Å². The number of esters is 2. The molecule has 10 heteroatoms. The fourth-order valence-electron chi connectivity index (χ4n) is 3.06. The number of ether oxygens (including phenoxy) is 8. The van der Waals surface area contributed by atoms with Crippen LogP contribution in [0.15, 0.2) is 61.7 Å². The number of carbonyl (C=O) groups is 2. The lowest BCUT2D eigenvalue weighted by Crippen LogP contribution is -2.15. The molecule has 2 rings (SSSR count). The topological polar surface area (TPSA) is 108 Å². The Morgan fingerprint density at radius 1 is 0.579 bits per heavy atom. The Balaban J connectivity index is 1.65. The SMILES string of the molecule is C=CC(=O)OCCOCCOCCOc1ccc2ccccc2c1OCCOCCOCCOC(=O)C=C. The Hall–Kier alpha value is -3.44. The Morgan fingerprint density at radius 3 is 1.61 bits per heavy atom. The minimum Gasteiger partial charge on any atom is -0.487 e. The van der Waals surface area contributed by atoms with Crippen molar-refractivity contribution >= 4 is 22.7 Å². The van der Waals surface area contributed by atoms with Gasteiger partial charge in [-0.25, -0.2) is 9.59 Å². The van der Waals surface area contributed by atoms with Gasteiger partial charge in [-0.2, -0.15) is 0 Å². The summed E-state index contributed by atoms with van der Waals surface area (Å²) in [5.74, 6) is 0.311. The molecule has 0 saturated heterocycles. The molecule has 38 heavy (non-hydrogen) atoms. The van der Waals surface area contributed by atoms with Gasteiger partial charge in [0.25, 0.3) is 0 Å². The van der Waals surface area contributed by atoms with Crippen molar-refractivity contribution in [3.8, 4) is 11.5 Å². The summed E-state index contributed by atoms with van der Waals surface area (Å²) in [5, 5.41) is 1.97. The first-order valence-electron chi connectivity index (χ1n) is 12.3. The van der Waals surface area contributed by atoms with Gasteiger partial charge in [0, 0.05) is 17.5 Å². The molecule has 208 valence electrons. The van der Waals surface area contributed by atoms with Crippen LogP contribution in [0, 0.1) is 0 Å². The number of carbonyl (C=O) groups excluding carboxylic acids is 2. The second-order valence-corrected chi connectivity index (χ2v) is 7.50. The van der Waals surface area contributed by atoms with Crippen molar-refractivity contribution in [2.24, 2.45) is 0 Å². The third-order valence-corrected chi connectivity index (χ3v) is 4.82. The maximum absolute atomic E-state index is 10.9. The Kier molecular flexibility index (Phi) is 15.9. The summed E-state index contributed by atoms with van der Waals surface area (Å²) in [5.41, 5.74) is 0. The summed E-state index contributed by atoms with van der Waals surface area (Å²) < 4.78 is 43.4. The van der Waals surface area contributed by atoms with Gasteiger partial charge in [-0.3, -0.25) is 0 Å². The van der Waals surface area contributed by atoms with Crippen molar-refractivity contribution in [1.29, 1.82) is 0 Å². The van der Waals surface area contributed by atoms with E-state index in [9.17, 15) is 9.59 Å². The summed E-state index contributed by atoms with van der Waals surface area (Å²) in [7, 11) is 0. The molecule has 0 atom stereocenters. The lowest BCUT2D eigenvalue weighted by atomic mass is 10.1. The van der Waals surface area contributed by atoms with Gasteiger partial charge < -0.3 is 37.9 Å². The molecule has 0 N–H and O–H groups in total. The van der Waals surface area contributed by atoms with Crippen molar-refractivity contribution in [3.05, 3.63) is 61.7 Å². The van der Waals surface area contributed by atoms with E-state index in [4.69, 9.17) is 37.9 Å². The molecular formula is C28H36O10. The third kappa shape index (κ3) is 12.7. The van der Waals surface area contributed by atoms with Gasteiger partial charge in [-0.15, -0.1) is 0 Å². The molecule has 0 radical (unpaired) electrons. The summed E-state index contributed by atoms with van der Waals surface area (Å²) in [6, 6.07) is 11.7. The molecule has 0 saturated carbocycles. The van der Waals surface area contributed by atoms with Gasteiger partial charge in [0.05, 0.1) is 52.9 Å². The Labute approximate surface area is 223 Å². The van der Waals surface area contributed by atoms with E-state index in [-0.39, 0.29) is 13.2 Å². The minimum absolute atomic E-state index is 0.172. The van der Waals surface area contributed by atoms with E-state index in [1.54, 1.807) is 0 Å². The number of hydrogen-bond acceptors (Lipinski definition) is 10. The van der Waals surface area contributed by atoms with Crippen LogP contribution in [-0.2, 0) is 38.0 Å². The van der Waals surface area contributed by atoms with Crippen LogP contribution >= 0.6 is 0 Å². The normalized spacial score (nSPS) is 10.6. The highest BCUT2D eigenvalue weighted by Crippen LogP contribution is 2.35. The zero-order valence-electron chi connectivity index (χ0n) is 21.6.